The van der Waals surface area contributed by atoms with E-state index in [1.165, 1.54) is 9.13 Å². The number of anilines is 2. The topological polar surface area (TPSA) is 74.3 Å². The predicted octanol–water partition coefficient (Wildman–Crippen LogP) is 4.44. The summed E-state index contributed by atoms with van der Waals surface area (Å²) in [5, 5.41) is 0.788. The summed E-state index contributed by atoms with van der Waals surface area (Å²) in [4.78, 5) is 33.7. The van der Waals surface area contributed by atoms with Crippen LogP contribution in [0, 0.1) is 5.92 Å². The zero-order chi connectivity index (χ0) is 24.9. The molecule has 0 saturated carbocycles. The van der Waals surface area contributed by atoms with Crippen molar-refractivity contribution in [1.29, 1.82) is 0 Å². The van der Waals surface area contributed by atoms with Crippen LogP contribution in [0.4, 0.5) is 11.6 Å². The van der Waals surface area contributed by atoms with E-state index >= 15 is 0 Å². The molecule has 0 radical (unpaired) electrons. The molecule has 0 amide bonds. The van der Waals surface area contributed by atoms with E-state index in [-0.39, 0.29) is 18.0 Å². The average molecular weight is 514 g/mol. The summed E-state index contributed by atoms with van der Waals surface area (Å²) in [5.41, 5.74) is 1.60. The molecule has 2 aromatic heterocycles. The zero-order valence-electron chi connectivity index (χ0n) is 19.7. The molecule has 1 aliphatic heterocycles. The minimum atomic E-state index is -0.440. The van der Waals surface area contributed by atoms with Crippen molar-refractivity contribution in [3.05, 3.63) is 78.9 Å². The van der Waals surface area contributed by atoms with E-state index in [2.05, 4.69) is 11.8 Å². The average Bonchev–Trinajstić information content (AvgIpc) is 3.22. The fourth-order valence-corrected chi connectivity index (χ4v) is 4.89. The first-order chi connectivity index (χ1) is 16.8. The standard InChI is InChI=1S/C25H25Cl2N5O3/c1-4-35-18-8-6-17(7-9-18)30-12-15(2)13-31-21-22(28-24(30)31)29(3)25(34)32(23(21)33)14-16-5-10-19(26)20(27)11-16/h5-11,15H,4,12-14H2,1-3H3. The summed E-state index contributed by atoms with van der Waals surface area (Å²) in [7, 11) is 1.64. The summed E-state index contributed by atoms with van der Waals surface area (Å²) >= 11 is 12.2. The highest BCUT2D eigenvalue weighted by Crippen LogP contribution is 2.33. The third-order valence-corrected chi connectivity index (χ3v) is 6.97. The lowest BCUT2D eigenvalue weighted by Crippen LogP contribution is -2.40. The van der Waals surface area contributed by atoms with E-state index in [4.69, 9.17) is 32.9 Å². The second-order valence-corrected chi connectivity index (χ2v) is 9.63. The van der Waals surface area contributed by atoms with Crippen LogP contribution in [0.1, 0.15) is 19.4 Å². The number of aromatic nitrogens is 4. The molecule has 0 bridgehead atoms. The number of ether oxygens (including phenoxy) is 1. The number of benzene rings is 2. The molecule has 5 rings (SSSR count). The quantitative estimate of drug-likeness (QED) is 0.394. The van der Waals surface area contributed by atoms with Gasteiger partial charge in [-0.3, -0.25) is 13.9 Å². The van der Waals surface area contributed by atoms with Crippen molar-refractivity contribution in [3.8, 4) is 5.75 Å². The van der Waals surface area contributed by atoms with Crippen LogP contribution in [-0.4, -0.2) is 31.8 Å². The van der Waals surface area contributed by atoms with Crippen molar-refractivity contribution in [1.82, 2.24) is 18.7 Å². The molecule has 10 heteroatoms. The number of halogens is 2. The SMILES string of the molecule is CCOc1ccc(N2CC(C)Cn3c2nc2c3c(=O)n(Cc3ccc(Cl)c(Cl)c3)c(=O)n2C)cc1. The Balaban J connectivity index is 1.65. The van der Waals surface area contributed by atoms with Gasteiger partial charge < -0.3 is 14.2 Å². The number of nitrogens with zero attached hydrogens (tertiary/aromatic N) is 5. The fourth-order valence-electron chi connectivity index (χ4n) is 4.57. The Bertz CT molecular complexity index is 1540. The van der Waals surface area contributed by atoms with Gasteiger partial charge >= 0.3 is 5.69 Å². The van der Waals surface area contributed by atoms with Crippen molar-refractivity contribution >= 4 is 46.0 Å². The van der Waals surface area contributed by atoms with Gasteiger partial charge in [-0.1, -0.05) is 36.2 Å². The van der Waals surface area contributed by atoms with Gasteiger partial charge in [-0.05, 0) is 54.8 Å². The first-order valence-corrected chi connectivity index (χ1v) is 12.2. The van der Waals surface area contributed by atoms with Crippen LogP contribution < -0.4 is 20.9 Å². The van der Waals surface area contributed by atoms with E-state index in [0.29, 0.717) is 45.9 Å². The van der Waals surface area contributed by atoms with Gasteiger partial charge in [0, 0.05) is 25.8 Å². The summed E-state index contributed by atoms with van der Waals surface area (Å²) in [6.45, 7) is 6.12. The maximum Gasteiger partial charge on any atom is 0.332 e. The lowest BCUT2D eigenvalue weighted by molar-refractivity contribution is 0.340. The van der Waals surface area contributed by atoms with Gasteiger partial charge in [-0.15, -0.1) is 0 Å². The molecule has 1 unspecified atom stereocenters. The van der Waals surface area contributed by atoms with Crippen molar-refractivity contribution < 1.29 is 4.74 Å². The van der Waals surface area contributed by atoms with Gasteiger partial charge in [0.15, 0.2) is 11.2 Å². The Labute approximate surface area is 211 Å². The molecule has 0 fully saturated rings. The van der Waals surface area contributed by atoms with Gasteiger partial charge in [0.2, 0.25) is 5.95 Å². The molecule has 2 aromatic carbocycles. The minimum absolute atomic E-state index is 0.0804. The molecule has 8 nitrogen and oxygen atoms in total. The molecular formula is C25H25Cl2N5O3. The lowest BCUT2D eigenvalue weighted by Gasteiger charge is -2.33. The number of rotatable bonds is 5. The highest BCUT2D eigenvalue weighted by atomic mass is 35.5. The molecule has 0 spiro atoms. The Hall–Kier alpha value is -3.23. The van der Waals surface area contributed by atoms with Crippen LogP contribution in [0.15, 0.2) is 52.1 Å². The molecule has 0 saturated heterocycles. The van der Waals surface area contributed by atoms with Gasteiger partial charge in [0.05, 0.1) is 23.2 Å². The van der Waals surface area contributed by atoms with E-state index in [9.17, 15) is 9.59 Å². The monoisotopic (exact) mass is 513 g/mol. The van der Waals surface area contributed by atoms with Gasteiger partial charge in [-0.2, -0.15) is 4.98 Å². The molecule has 4 aromatic rings. The largest absolute Gasteiger partial charge is 0.494 e. The summed E-state index contributed by atoms with van der Waals surface area (Å²) < 4.78 is 10.1. The Kier molecular flexibility index (Phi) is 6.11. The Morgan fingerprint density at radius 3 is 2.49 bits per heavy atom. The van der Waals surface area contributed by atoms with Crippen LogP contribution in [0.2, 0.25) is 10.0 Å². The normalized spacial score (nSPS) is 15.5. The van der Waals surface area contributed by atoms with Crippen molar-refractivity contribution in [2.75, 3.05) is 18.1 Å². The third kappa shape index (κ3) is 4.10. The smallest absolute Gasteiger partial charge is 0.332 e. The molecule has 1 aliphatic rings. The van der Waals surface area contributed by atoms with Crippen molar-refractivity contribution in [3.63, 3.8) is 0 Å². The molecule has 182 valence electrons. The number of imidazole rings is 1. The molecular weight excluding hydrogens is 489 g/mol. The molecule has 0 aliphatic carbocycles. The molecule has 3 heterocycles. The van der Waals surface area contributed by atoms with Crippen LogP contribution in [0.3, 0.4) is 0 Å². The van der Waals surface area contributed by atoms with Crippen LogP contribution >= 0.6 is 23.2 Å². The lowest BCUT2D eigenvalue weighted by atomic mass is 10.1. The zero-order valence-corrected chi connectivity index (χ0v) is 21.2. The summed E-state index contributed by atoms with van der Waals surface area (Å²) in [6, 6.07) is 12.9. The Morgan fingerprint density at radius 1 is 1.06 bits per heavy atom. The summed E-state index contributed by atoms with van der Waals surface area (Å²) in [6.07, 6.45) is 0. The first kappa shape index (κ1) is 23.5. The molecule has 1 atom stereocenters. The summed E-state index contributed by atoms with van der Waals surface area (Å²) in [5.74, 6) is 1.69. The predicted molar refractivity (Wildman–Crippen MR) is 139 cm³/mol. The first-order valence-electron chi connectivity index (χ1n) is 11.4. The second kappa shape index (κ2) is 9.09. The highest BCUT2D eigenvalue weighted by Gasteiger charge is 2.30. The Morgan fingerprint density at radius 2 is 1.80 bits per heavy atom. The fraction of sp³-hybridized carbons (Fsp3) is 0.320. The molecule has 0 N–H and O–H groups in total. The minimum Gasteiger partial charge on any atom is -0.494 e. The maximum atomic E-state index is 13.7. The highest BCUT2D eigenvalue weighted by molar-refractivity contribution is 6.42. The van der Waals surface area contributed by atoms with E-state index < -0.39 is 5.69 Å². The van der Waals surface area contributed by atoms with Gasteiger partial charge in [-0.25, -0.2) is 4.79 Å². The number of hydrogen-bond acceptors (Lipinski definition) is 5. The molecule has 35 heavy (non-hydrogen) atoms. The maximum absolute atomic E-state index is 13.7. The number of fused-ring (bicyclic) bond motifs is 3. The second-order valence-electron chi connectivity index (χ2n) is 8.82. The van der Waals surface area contributed by atoms with Crippen LogP contribution in [0.5, 0.6) is 5.75 Å². The van der Waals surface area contributed by atoms with Gasteiger partial charge in [0.1, 0.15) is 5.75 Å². The van der Waals surface area contributed by atoms with Gasteiger partial charge in [0.25, 0.3) is 5.56 Å². The van der Waals surface area contributed by atoms with Crippen LogP contribution in [0.25, 0.3) is 11.2 Å². The van der Waals surface area contributed by atoms with E-state index in [1.54, 1.807) is 25.2 Å². The number of aryl methyl sites for hydroxylation is 1. The van der Waals surface area contributed by atoms with Crippen LogP contribution in [-0.2, 0) is 20.1 Å². The van der Waals surface area contributed by atoms with Crippen molar-refractivity contribution in [2.24, 2.45) is 13.0 Å². The number of hydrogen-bond donors (Lipinski definition) is 0. The van der Waals surface area contributed by atoms with Crippen molar-refractivity contribution in [2.45, 2.75) is 26.9 Å². The van der Waals surface area contributed by atoms with E-state index in [1.807, 2.05) is 35.8 Å². The van der Waals surface area contributed by atoms with E-state index in [0.717, 1.165) is 18.0 Å². The third-order valence-electron chi connectivity index (χ3n) is 6.23.